The first-order valence-electron chi connectivity index (χ1n) is 9.48. The first-order chi connectivity index (χ1) is 14.0. The highest BCUT2D eigenvalue weighted by atomic mass is 32.2. The van der Waals surface area contributed by atoms with Gasteiger partial charge in [0, 0.05) is 33.2 Å². The molecule has 0 radical (unpaired) electrons. The van der Waals surface area contributed by atoms with Crippen molar-refractivity contribution in [3.63, 3.8) is 0 Å². The van der Waals surface area contributed by atoms with Crippen LogP contribution >= 0.6 is 0 Å². The van der Waals surface area contributed by atoms with E-state index in [0.29, 0.717) is 11.4 Å². The van der Waals surface area contributed by atoms with Crippen LogP contribution in [0.15, 0.2) is 17.2 Å². The summed E-state index contributed by atoms with van der Waals surface area (Å²) in [6, 6.07) is 1.36. The van der Waals surface area contributed by atoms with Crippen LogP contribution in [0.3, 0.4) is 0 Å². The van der Waals surface area contributed by atoms with E-state index < -0.39 is 20.9 Å². The van der Waals surface area contributed by atoms with E-state index in [1.165, 1.54) is 25.9 Å². The molecular formula is C17H25N7O5S. The minimum atomic E-state index is -3.67. The Balaban J connectivity index is 1.62. The first-order valence-corrected chi connectivity index (χ1v) is 10.9. The van der Waals surface area contributed by atoms with Gasteiger partial charge < -0.3 is 15.0 Å². The van der Waals surface area contributed by atoms with Gasteiger partial charge in [-0.15, -0.1) is 0 Å². The van der Waals surface area contributed by atoms with Gasteiger partial charge in [-0.25, -0.2) is 8.42 Å². The van der Waals surface area contributed by atoms with Gasteiger partial charge in [0.2, 0.25) is 15.9 Å². The summed E-state index contributed by atoms with van der Waals surface area (Å²) in [5, 5.41) is 18.8. The molecule has 2 aromatic heterocycles. The Morgan fingerprint density at radius 2 is 1.90 bits per heavy atom. The standard InChI is InChI=1S/C17H25N7O5S/c1-12(11-23-13(2)9-16(19-23)24(26)27)17(25)21-5-7-22(8-6-21)30(28,29)15-10-18-20(4)14(15)3/h9-10,12H,5-8,11H2,1-4H3. The Bertz CT molecular complexity index is 1070. The molecule has 0 bridgehead atoms. The third-order valence-corrected chi connectivity index (χ3v) is 7.38. The monoisotopic (exact) mass is 439 g/mol. The second-order valence-corrected chi connectivity index (χ2v) is 9.34. The number of rotatable bonds is 6. The molecule has 13 heteroatoms. The smallest absolute Gasteiger partial charge is 0.358 e. The Hall–Kier alpha value is -2.80. The molecule has 30 heavy (non-hydrogen) atoms. The highest BCUT2D eigenvalue weighted by Gasteiger charge is 2.33. The molecule has 1 aliphatic rings. The predicted molar refractivity (Wildman–Crippen MR) is 106 cm³/mol. The number of hydrogen-bond donors (Lipinski definition) is 0. The van der Waals surface area contributed by atoms with E-state index in [1.54, 1.807) is 32.7 Å². The Morgan fingerprint density at radius 3 is 2.40 bits per heavy atom. The molecule has 1 atom stereocenters. The number of piperazine rings is 1. The van der Waals surface area contributed by atoms with E-state index in [-0.39, 0.29) is 49.3 Å². The molecule has 1 amide bonds. The number of carbonyl (C=O) groups excluding carboxylic acids is 1. The zero-order valence-electron chi connectivity index (χ0n) is 17.3. The van der Waals surface area contributed by atoms with E-state index in [1.807, 2.05) is 0 Å². The second-order valence-electron chi connectivity index (χ2n) is 7.43. The average Bonchev–Trinajstić information content (AvgIpc) is 3.24. The van der Waals surface area contributed by atoms with Gasteiger partial charge >= 0.3 is 5.82 Å². The molecular weight excluding hydrogens is 414 g/mol. The van der Waals surface area contributed by atoms with Crippen LogP contribution < -0.4 is 0 Å². The quantitative estimate of drug-likeness (QED) is 0.467. The number of nitrogens with zero attached hydrogens (tertiary/aromatic N) is 7. The van der Waals surface area contributed by atoms with Crippen LogP contribution in [-0.4, -0.2) is 74.2 Å². The van der Waals surface area contributed by atoms with Crippen molar-refractivity contribution in [2.75, 3.05) is 26.2 Å². The fourth-order valence-electron chi connectivity index (χ4n) is 3.44. The molecule has 0 spiro atoms. The predicted octanol–water partition coefficient (Wildman–Crippen LogP) is 0.311. The van der Waals surface area contributed by atoms with Gasteiger partial charge in [0.05, 0.1) is 41.2 Å². The lowest BCUT2D eigenvalue weighted by Gasteiger charge is -2.35. The third kappa shape index (κ3) is 4.07. The van der Waals surface area contributed by atoms with Gasteiger partial charge in [0.25, 0.3) is 0 Å². The van der Waals surface area contributed by atoms with Gasteiger partial charge in [-0.3, -0.25) is 9.48 Å². The maximum absolute atomic E-state index is 12.9. The normalized spacial score (nSPS) is 16.6. The SMILES string of the molecule is Cc1c(S(=O)(=O)N2CCN(C(=O)C(C)Cn3nc([N+](=O)[O-])cc3C)CC2)cnn1C. The minimum Gasteiger partial charge on any atom is -0.358 e. The molecule has 1 aliphatic heterocycles. The number of hydrogen-bond acceptors (Lipinski definition) is 7. The summed E-state index contributed by atoms with van der Waals surface area (Å²) in [6.07, 6.45) is 1.34. The van der Waals surface area contributed by atoms with Gasteiger partial charge in [0.1, 0.15) is 4.90 Å². The van der Waals surface area contributed by atoms with Crippen LogP contribution in [0.25, 0.3) is 0 Å². The summed E-state index contributed by atoms with van der Waals surface area (Å²) in [6.45, 7) is 6.29. The summed E-state index contributed by atoms with van der Waals surface area (Å²) < 4.78 is 30.1. The molecule has 0 aromatic carbocycles. The van der Waals surface area contributed by atoms with Crippen LogP contribution in [0, 0.1) is 29.9 Å². The van der Waals surface area contributed by atoms with Crippen molar-refractivity contribution in [1.29, 1.82) is 0 Å². The maximum atomic E-state index is 12.9. The van der Waals surface area contributed by atoms with E-state index in [4.69, 9.17) is 0 Å². The maximum Gasteiger partial charge on any atom is 0.390 e. The van der Waals surface area contributed by atoms with Crippen LogP contribution in [-0.2, 0) is 28.4 Å². The largest absolute Gasteiger partial charge is 0.390 e. The summed E-state index contributed by atoms with van der Waals surface area (Å²) in [5.41, 5.74) is 1.16. The summed E-state index contributed by atoms with van der Waals surface area (Å²) in [5.74, 6) is -0.842. The van der Waals surface area contributed by atoms with Gasteiger partial charge in [-0.1, -0.05) is 6.92 Å². The lowest BCUT2D eigenvalue weighted by Crippen LogP contribution is -2.52. The minimum absolute atomic E-state index is 0.137. The van der Waals surface area contributed by atoms with Crippen molar-refractivity contribution in [3.05, 3.63) is 33.8 Å². The van der Waals surface area contributed by atoms with E-state index in [9.17, 15) is 23.3 Å². The van der Waals surface area contributed by atoms with Gasteiger partial charge in [-0.2, -0.15) is 14.1 Å². The van der Waals surface area contributed by atoms with Gasteiger partial charge in [-0.05, 0) is 18.8 Å². The van der Waals surface area contributed by atoms with Crippen molar-refractivity contribution in [3.8, 4) is 0 Å². The summed E-state index contributed by atoms with van der Waals surface area (Å²) in [4.78, 5) is 24.9. The van der Waals surface area contributed by atoms with Crippen molar-refractivity contribution in [1.82, 2.24) is 28.8 Å². The lowest BCUT2D eigenvalue weighted by molar-refractivity contribution is -0.389. The van der Waals surface area contributed by atoms with Crippen molar-refractivity contribution in [2.24, 2.45) is 13.0 Å². The zero-order chi connectivity index (χ0) is 22.2. The third-order valence-electron chi connectivity index (χ3n) is 5.38. The Kier molecular flexibility index (Phi) is 5.94. The number of amides is 1. The Labute approximate surface area is 174 Å². The first kappa shape index (κ1) is 21.9. The zero-order valence-corrected chi connectivity index (χ0v) is 18.2. The van der Waals surface area contributed by atoms with Crippen LogP contribution in [0.2, 0.25) is 0 Å². The van der Waals surface area contributed by atoms with E-state index >= 15 is 0 Å². The fraction of sp³-hybridized carbons (Fsp3) is 0.588. The molecule has 164 valence electrons. The van der Waals surface area contributed by atoms with Crippen LogP contribution in [0.1, 0.15) is 18.3 Å². The molecule has 0 aliphatic carbocycles. The fourth-order valence-corrected chi connectivity index (χ4v) is 5.04. The number of sulfonamides is 1. The van der Waals surface area contributed by atoms with Crippen LogP contribution in [0.5, 0.6) is 0 Å². The molecule has 0 saturated carbocycles. The Morgan fingerprint density at radius 1 is 1.27 bits per heavy atom. The lowest BCUT2D eigenvalue weighted by atomic mass is 10.1. The van der Waals surface area contributed by atoms with Crippen molar-refractivity contribution < 1.29 is 18.1 Å². The summed E-state index contributed by atoms with van der Waals surface area (Å²) in [7, 11) is -1.98. The highest BCUT2D eigenvalue weighted by Crippen LogP contribution is 2.21. The molecule has 1 fully saturated rings. The van der Waals surface area contributed by atoms with E-state index in [0.717, 1.165) is 0 Å². The van der Waals surface area contributed by atoms with Crippen molar-refractivity contribution in [2.45, 2.75) is 32.2 Å². The molecule has 3 heterocycles. The number of aryl methyl sites for hydroxylation is 2. The van der Waals surface area contributed by atoms with Crippen molar-refractivity contribution >= 4 is 21.7 Å². The molecule has 12 nitrogen and oxygen atoms in total. The highest BCUT2D eigenvalue weighted by molar-refractivity contribution is 7.89. The number of carbonyl (C=O) groups is 1. The molecule has 0 N–H and O–H groups in total. The number of aromatic nitrogens is 4. The molecule has 1 saturated heterocycles. The second kappa shape index (κ2) is 8.14. The van der Waals surface area contributed by atoms with Crippen LogP contribution in [0.4, 0.5) is 5.82 Å². The average molecular weight is 439 g/mol. The molecule has 3 rings (SSSR count). The number of nitro groups is 1. The topological polar surface area (TPSA) is 136 Å². The summed E-state index contributed by atoms with van der Waals surface area (Å²) >= 11 is 0. The van der Waals surface area contributed by atoms with E-state index in [2.05, 4.69) is 10.2 Å². The van der Waals surface area contributed by atoms with Gasteiger partial charge in [0.15, 0.2) is 0 Å². The molecule has 1 unspecified atom stereocenters. The molecule has 2 aromatic rings.